The van der Waals surface area contributed by atoms with Gasteiger partial charge in [0.25, 0.3) is 0 Å². The second-order valence-electron chi connectivity index (χ2n) is 4.08. The molecule has 1 saturated heterocycles. The van der Waals surface area contributed by atoms with Crippen LogP contribution in [0.25, 0.3) is 0 Å². The summed E-state index contributed by atoms with van der Waals surface area (Å²) in [6.45, 7) is 2.37. The van der Waals surface area contributed by atoms with Gasteiger partial charge in [-0.15, -0.1) is 0 Å². The van der Waals surface area contributed by atoms with Crippen LogP contribution >= 0.6 is 27.5 Å². The van der Waals surface area contributed by atoms with Crippen LogP contribution in [0.15, 0.2) is 16.6 Å². The fourth-order valence-corrected chi connectivity index (χ4v) is 2.47. The second-order valence-corrected chi connectivity index (χ2v) is 5.34. The van der Waals surface area contributed by atoms with E-state index in [2.05, 4.69) is 15.9 Å². The Morgan fingerprint density at radius 2 is 2.29 bits per heavy atom. The molecular formula is C12H11BrClFO2. The van der Waals surface area contributed by atoms with Crippen molar-refractivity contribution in [2.75, 3.05) is 6.61 Å². The normalized spacial score (nSPS) is 24.0. The van der Waals surface area contributed by atoms with Crippen molar-refractivity contribution >= 4 is 33.3 Å². The molecule has 2 rings (SSSR count). The molecule has 0 bridgehead atoms. The van der Waals surface area contributed by atoms with Gasteiger partial charge in [-0.25, -0.2) is 4.39 Å². The summed E-state index contributed by atoms with van der Waals surface area (Å²) in [5, 5.41) is 0.335. The molecule has 0 radical (unpaired) electrons. The number of hydrogen-bond donors (Lipinski definition) is 0. The first kappa shape index (κ1) is 13.0. The molecule has 0 amide bonds. The molecule has 17 heavy (non-hydrogen) atoms. The number of halogens is 3. The zero-order valence-corrected chi connectivity index (χ0v) is 11.5. The highest BCUT2D eigenvalue weighted by molar-refractivity contribution is 9.10. The topological polar surface area (TPSA) is 26.3 Å². The van der Waals surface area contributed by atoms with Crippen LogP contribution in [-0.2, 0) is 4.74 Å². The molecular weight excluding hydrogens is 310 g/mol. The van der Waals surface area contributed by atoms with Gasteiger partial charge in [0.1, 0.15) is 5.82 Å². The van der Waals surface area contributed by atoms with Crippen molar-refractivity contribution in [3.05, 3.63) is 33.0 Å². The fourth-order valence-electron chi connectivity index (χ4n) is 1.99. The first-order chi connectivity index (χ1) is 8.00. The second kappa shape index (κ2) is 5.04. The molecule has 1 aliphatic rings. The maximum Gasteiger partial charge on any atom is 0.171 e. The number of Topliss-reactive ketones (excluding diaryl/α,β-unsaturated/α-hetero) is 1. The predicted molar refractivity (Wildman–Crippen MR) is 67.0 cm³/mol. The van der Waals surface area contributed by atoms with Crippen LogP contribution in [-0.4, -0.2) is 18.5 Å². The van der Waals surface area contributed by atoms with Crippen molar-refractivity contribution in [2.24, 2.45) is 5.92 Å². The van der Waals surface area contributed by atoms with Crippen molar-refractivity contribution in [1.82, 2.24) is 0 Å². The van der Waals surface area contributed by atoms with Crippen molar-refractivity contribution < 1.29 is 13.9 Å². The summed E-state index contributed by atoms with van der Waals surface area (Å²) in [5.41, 5.74) is 0.0422. The van der Waals surface area contributed by atoms with E-state index >= 15 is 0 Å². The Hall–Kier alpha value is -0.450. The van der Waals surface area contributed by atoms with E-state index in [4.69, 9.17) is 16.3 Å². The quantitative estimate of drug-likeness (QED) is 0.611. The Labute approximate surface area is 112 Å². The Morgan fingerprint density at radius 1 is 1.59 bits per heavy atom. The van der Waals surface area contributed by atoms with Gasteiger partial charge in [0.2, 0.25) is 0 Å². The number of carbonyl (C=O) groups excluding carboxylic acids is 1. The van der Waals surface area contributed by atoms with E-state index in [1.807, 2.05) is 6.92 Å². The lowest BCUT2D eigenvalue weighted by Crippen LogP contribution is -2.22. The number of hydrogen-bond acceptors (Lipinski definition) is 2. The minimum atomic E-state index is -0.551. The molecule has 0 spiro atoms. The summed E-state index contributed by atoms with van der Waals surface area (Å²) in [4.78, 5) is 12.1. The van der Waals surface area contributed by atoms with Crippen molar-refractivity contribution in [2.45, 2.75) is 19.4 Å². The molecule has 1 aromatic carbocycles. The third-order valence-electron chi connectivity index (χ3n) is 2.99. The van der Waals surface area contributed by atoms with Gasteiger partial charge in [-0.05, 0) is 41.4 Å². The molecule has 0 aromatic heterocycles. The number of benzene rings is 1. The first-order valence-corrected chi connectivity index (χ1v) is 6.48. The Balaban J connectivity index is 2.34. The molecule has 2 atom stereocenters. The number of ketones is 1. The minimum Gasteiger partial charge on any atom is -0.378 e. The average Bonchev–Trinajstić information content (AvgIpc) is 2.69. The largest absolute Gasteiger partial charge is 0.378 e. The molecule has 0 saturated carbocycles. The number of ether oxygens (including phenoxy) is 1. The van der Waals surface area contributed by atoms with E-state index in [0.29, 0.717) is 22.5 Å². The highest BCUT2D eigenvalue weighted by Gasteiger charge is 2.32. The lowest BCUT2D eigenvalue weighted by molar-refractivity contribution is 0.0761. The van der Waals surface area contributed by atoms with Crippen LogP contribution in [0.4, 0.5) is 4.39 Å². The van der Waals surface area contributed by atoms with E-state index < -0.39 is 5.82 Å². The maximum absolute atomic E-state index is 13.7. The van der Waals surface area contributed by atoms with Gasteiger partial charge in [-0.2, -0.15) is 0 Å². The van der Waals surface area contributed by atoms with Gasteiger partial charge in [0.15, 0.2) is 5.78 Å². The van der Waals surface area contributed by atoms with Crippen molar-refractivity contribution in [3.63, 3.8) is 0 Å². The number of rotatable bonds is 2. The van der Waals surface area contributed by atoms with Crippen LogP contribution in [0.1, 0.15) is 23.7 Å². The molecule has 5 heteroatoms. The van der Waals surface area contributed by atoms with Gasteiger partial charge in [0, 0.05) is 11.1 Å². The van der Waals surface area contributed by atoms with Crippen LogP contribution in [0.3, 0.4) is 0 Å². The molecule has 2 nitrogen and oxygen atoms in total. The minimum absolute atomic E-state index is 0.0422. The molecule has 1 heterocycles. The third-order valence-corrected chi connectivity index (χ3v) is 4.19. The summed E-state index contributed by atoms with van der Waals surface area (Å²) in [6, 6.07) is 2.59. The lowest BCUT2D eigenvalue weighted by atomic mass is 9.92. The van der Waals surface area contributed by atoms with E-state index in [9.17, 15) is 9.18 Å². The van der Waals surface area contributed by atoms with Crippen molar-refractivity contribution in [3.8, 4) is 0 Å². The fraction of sp³-hybridized carbons (Fsp3) is 0.417. The van der Waals surface area contributed by atoms with E-state index in [1.54, 1.807) is 0 Å². The molecule has 2 unspecified atom stereocenters. The average molecular weight is 322 g/mol. The van der Waals surface area contributed by atoms with Crippen LogP contribution in [0.2, 0.25) is 5.02 Å². The first-order valence-electron chi connectivity index (χ1n) is 5.31. The summed E-state index contributed by atoms with van der Waals surface area (Å²) in [7, 11) is 0. The number of carbonyl (C=O) groups is 1. The van der Waals surface area contributed by atoms with Crippen LogP contribution in [0, 0.1) is 11.7 Å². The Kier molecular flexibility index (Phi) is 3.85. The zero-order valence-electron chi connectivity index (χ0n) is 9.17. The smallest absolute Gasteiger partial charge is 0.171 e. The van der Waals surface area contributed by atoms with Crippen molar-refractivity contribution in [1.29, 1.82) is 0 Å². The Bertz CT molecular complexity index is 464. The molecule has 92 valence electrons. The lowest BCUT2D eigenvalue weighted by Gasteiger charge is -2.13. The van der Waals surface area contributed by atoms with Crippen LogP contribution in [0.5, 0.6) is 0 Å². The molecule has 1 aliphatic heterocycles. The highest BCUT2D eigenvalue weighted by Crippen LogP contribution is 2.30. The summed E-state index contributed by atoms with van der Waals surface area (Å²) >= 11 is 8.99. The SMILES string of the molecule is CC1OCCC1C(=O)c1cc(Cl)c(Br)cc1F. The summed E-state index contributed by atoms with van der Waals surface area (Å²) in [5.74, 6) is -1.06. The summed E-state index contributed by atoms with van der Waals surface area (Å²) in [6.07, 6.45) is 0.469. The van der Waals surface area contributed by atoms with E-state index in [1.165, 1.54) is 12.1 Å². The van der Waals surface area contributed by atoms with Gasteiger partial charge in [-0.3, -0.25) is 4.79 Å². The predicted octanol–water partition coefficient (Wildman–Crippen LogP) is 3.85. The van der Waals surface area contributed by atoms with E-state index in [-0.39, 0.29) is 23.4 Å². The van der Waals surface area contributed by atoms with Gasteiger partial charge < -0.3 is 4.74 Å². The van der Waals surface area contributed by atoms with Gasteiger partial charge in [-0.1, -0.05) is 11.6 Å². The third kappa shape index (κ3) is 2.54. The maximum atomic E-state index is 13.7. The molecule has 0 N–H and O–H groups in total. The summed E-state index contributed by atoms with van der Waals surface area (Å²) < 4.78 is 19.5. The molecule has 1 fully saturated rings. The van der Waals surface area contributed by atoms with E-state index in [0.717, 1.165) is 0 Å². The standard InChI is InChI=1S/C12H11BrClFO2/c1-6-7(2-3-17-6)12(16)8-4-10(14)9(13)5-11(8)15/h4-7H,2-3H2,1H3. The Morgan fingerprint density at radius 3 is 2.88 bits per heavy atom. The van der Waals surface area contributed by atoms with Crippen LogP contribution < -0.4 is 0 Å². The zero-order chi connectivity index (χ0) is 12.6. The molecule has 1 aromatic rings. The van der Waals surface area contributed by atoms with Gasteiger partial charge in [0.05, 0.1) is 22.6 Å². The molecule has 0 aliphatic carbocycles. The highest BCUT2D eigenvalue weighted by atomic mass is 79.9. The monoisotopic (exact) mass is 320 g/mol. The van der Waals surface area contributed by atoms with Gasteiger partial charge >= 0.3 is 0 Å².